The lowest BCUT2D eigenvalue weighted by atomic mass is 10.1. The van der Waals surface area contributed by atoms with Crippen molar-refractivity contribution >= 4 is 16.9 Å². The maximum Gasteiger partial charge on any atom is 0.195 e. The van der Waals surface area contributed by atoms with Gasteiger partial charge in [-0.25, -0.2) is 0 Å². The van der Waals surface area contributed by atoms with Crippen molar-refractivity contribution in [3.63, 3.8) is 0 Å². The Bertz CT molecular complexity index is 229. The molecular weight excluding hydrogens is 228 g/mol. The first-order chi connectivity index (χ1) is 8.07. The summed E-state index contributed by atoms with van der Waals surface area (Å²) in [5.41, 5.74) is 1.23. The van der Waals surface area contributed by atoms with E-state index in [4.69, 9.17) is 0 Å². The summed E-state index contributed by atoms with van der Waals surface area (Å²) in [7, 11) is 0. The van der Waals surface area contributed by atoms with Crippen LogP contribution in [0.15, 0.2) is 11.6 Å². The van der Waals surface area contributed by atoms with E-state index < -0.39 is 0 Å². The Morgan fingerprint density at radius 1 is 1.12 bits per heavy atom. The highest BCUT2D eigenvalue weighted by Crippen LogP contribution is 2.16. The van der Waals surface area contributed by atoms with Crippen LogP contribution in [0.1, 0.15) is 66.2 Å². The molecule has 0 bridgehead atoms. The summed E-state index contributed by atoms with van der Waals surface area (Å²) >= 11 is 1.51. The van der Waals surface area contributed by atoms with Crippen molar-refractivity contribution in [1.82, 2.24) is 0 Å². The van der Waals surface area contributed by atoms with Crippen LogP contribution in [0.2, 0.25) is 0 Å². The Balaban J connectivity index is 3.48. The van der Waals surface area contributed by atoms with Crippen molar-refractivity contribution in [2.45, 2.75) is 66.2 Å². The molecule has 1 atom stereocenters. The molecule has 0 spiro atoms. The molecule has 0 fully saturated rings. The number of thioether (sulfide) groups is 1. The van der Waals surface area contributed by atoms with Crippen LogP contribution in [0.25, 0.3) is 0 Å². The van der Waals surface area contributed by atoms with Crippen LogP contribution in [0.4, 0.5) is 0 Å². The van der Waals surface area contributed by atoms with E-state index in [1.54, 1.807) is 0 Å². The number of unbranched alkanes of at least 4 members (excludes halogenated alkanes) is 5. The Hall–Kier alpha value is -0.240. The normalized spacial score (nSPS) is 12.2. The molecule has 0 aromatic rings. The second kappa shape index (κ2) is 10.9. The largest absolute Gasteiger partial charge is 0.287 e. The number of carbonyl (C=O) groups is 1. The van der Waals surface area contributed by atoms with Gasteiger partial charge in [-0.2, -0.15) is 0 Å². The minimum Gasteiger partial charge on any atom is -0.287 e. The van der Waals surface area contributed by atoms with Gasteiger partial charge in [-0.3, -0.25) is 4.79 Å². The number of carbonyl (C=O) groups excluding carboxylic acids is 1. The highest BCUT2D eigenvalue weighted by molar-refractivity contribution is 8.13. The molecule has 0 aromatic carbocycles. The molecule has 17 heavy (non-hydrogen) atoms. The van der Waals surface area contributed by atoms with Gasteiger partial charge in [-0.1, -0.05) is 69.4 Å². The highest BCUT2D eigenvalue weighted by atomic mass is 32.2. The fourth-order valence-electron chi connectivity index (χ4n) is 1.75. The summed E-state index contributed by atoms with van der Waals surface area (Å²) in [5.74, 6) is 1.07. The van der Waals surface area contributed by atoms with Crippen molar-refractivity contribution < 1.29 is 4.79 Å². The van der Waals surface area contributed by atoms with Crippen LogP contribution in [0, 0.1) is 5.92 Å². The van der Waals surface area contributed by atoms with Gasteiger partial charge in [0, 0.05) is 11.7 Å². The molecular formula is C15H28OS. The van der Waals surface area contributed by atoms with Gasteiger partial charge in [0.2, 0.25) is 0 Å². The third kappa shape index (κ3) is 10.6. The summed E-state index contributed by atoms with van der Waals surface area (Å²) in [6.45, 7) is 8.31. The van der Waals surface area contributed by atoms with E-state index in [9.17, 15) is 4.79 Å². The van der Waals surface area contributed by atoms with Gasteiger partial charge in [0.1, 0.15) is 0 Å². The predicted octanol–water partition coefficient (Wildman–Crippen LogP) is 5.21. The Labute approximate surface area is 111 Å². The van der Waals surface area contributed by atoms with Gasteiger partial charge in [0.25, 0.3) is 0 Å². The second-order valence-corrected chi connectivity index (χ2v) is 6.07. The van der Waals surface area contributed by atoms with E-state index >= 15 is 0 Å². The standard InChI is InChI=1S/C15H28OS/c1-5-6-7-8-9-10-11-17-15(16)14(4)12-13(2)3/h12,14H,5-11H2,1-4H3. The van der Waals surface area contributed by atoms with E-state index in [0.29, 0.717) is 5.12 Å². The molecule has 1 nitrogen and oxygen atoms in total. The van der Waals surface area contributed by atoms with E-state index in [1.807, 2.05) is 20.8 Å². The number of allylic oxidation sites excluding steroid dienone is 2. The minimum atomic E-state index is 0.0742. The summed E-state index contributed by atoms with van der Waals surface area (Å²) in [5, 5.41) is 0.319. The topological polar surface area (TPSA) is 17.1 Å². The summed E-state index contributed by atoms with van der Waals surface area (Å²) in [6.07, 6.45) is 9.84. The van der Waals surface area contributed by atoms with Crippen molar-refractivity contribution in [3.05, 3.63) is 11.6 Å². The van der Waals surface area contributed by atoms with Crippen molar-refractivity contribution in [2.24, 2.45) is 5.92 Å². The molecule has 0 aromatic heterocycles. The molecule has 0 aliphatic heterocycles. The first kappa shape index (κ1) is 16.8. The van der Waals surface area contributed by atoms with Crippen molar-refractivity contribution in [1.29, 1.82) is 0 Å². The monoisotopic (exact) mass is 256 g/mol. The molecule has 0 radical (unpaired) electrons. The average Bonchev–Trinajstić information content (AvgIpc) is 2.26. The molecule has 100 valence electrons. The number of hydrogen-bond acceptors (Lipinski definition) is 2. The summed E-state index contributed by atoms with van der Waals surface area (Å²) < 4.78 is 0. The van der Waals surface area contributed by atoms with Crippen LogP contribution < -0.4 is 0 Å². The molecule has 0 saturated heterocycles. The molecule has 0 amide bonds. The number of rotatable bonds is 9. The van der Waals surface area contributed by atoms with Crippen LogP contribution in [-0.2, 0) is 4.79 Å². The maximum absolute atomic E-state index is 11.7. The quantitative estimate of drug-likeness (QED) is 0.416. The Morgan fingerprint density at radius 3 is 2.29 bits per heavy atom. The van der Waals surface area contributed by atoms with Crippen molar-refractivity contribution in [2.75, 3.05) is 5.75 Å². The van der Waals surface area contributed by atoms with Gasteiger partial charge in [0.05, 0.1) is 0 Å². The van der Waals surface area contributed by atoms with E-state index in [2.05, 4.69) is 13.0 Å². The van der Waals surface area contributed by atoms with Crippen molar-refractivity contribution in [3.8, 4) is 0 Å². The summed E-state index contributed by atoms with van der Waals surface area (Å²) in [4.78, 5) is 11.7. The first-order valence-corrected chi connectivity index (χ1v) is 7.88. The van der Waals surface area contributed by atoms with Gasteiger partial charge in [-0.05, 0) is 20.3 Å². The zero-order valence-electron chi connectivity index (χ0n) is 11.9. The Morgan fingerprint density at radius 2 is 1.71 bits per heavy atom. The fourth-order valence-corrected chi connectivity index (χ4v) is 2.64. The lowest BCUT2D eigenvalue weighted by Crippen LogP contribution is -2.04. The van der Waals surface area contributed by atoms with Crippen LogP contribution in [0.5, 0.6) is 0 Å². The van der Waals surface area contributed by atoms with Gasteiger partial charge in [0.15, 0.2) is 5.12 Å². The average molecular weight is 256 g/mol. The zero-order chi connectivity index (χ0) is 13.1. The lowest BCUT2D eigenvalue weighted by Gasteiger charge is -2.05. The van der Waals surface area contributed by atoms with Gasteiger partial charge in [-0.15, -0.1) is 0 Å². The number of hydrogen-bond donors (Lipinski definition) is 0. The van der Waals surface area contributed by atoms with E-state index in [1.165, 1.54) is 55.9 Å². The lowest BCUT2D eigenvalue weighted by molar-refractivity contribution is -0.112. The highest BCUT2D eigenvalue weighted by Gasteiger charge is 2.09. The van der Waals surface area contributed by atoms with E-state index in [-0.39, 0.29) is 5.92 Å². The Kier molecular flexibility index (Phi) is 10.7. The van der Waals surface area contributed by atoms with Gasteiger partial charge < -0.3 is 0 Å². The third-order valence-corrected chi connectivity index (χ3v) is 3.85. The molecule has 0 aliphatic carbocycles. The minimum absolute atomic E-state index is 0.0742. The molecule has 1 unspecified atom stereocenters. The molecule has 2 heteroatoms. The SMILES string of the molecule is CCCCCCCCSC(=O)C(C)C=C(C)C. The predicted molar refractivity (Wildman–Crippen MR) is 79.4 cm³/mol. The second-order valence-electron chi connectivity index (χ2n) is 4.97. The van der Waals surface area contributed by atoms with Crippen LogP contribution in [-0.4, -0.2) is 10.9 Å². The molecule has 0 rings (SSSR count). The molecule has 0 heterocycles. The maximum atomic E-state index is 11.7. The van der Waals surface area contributed by atoms with E-state index in [0.717, 1.165) is 5.75 Å². The smallest absolute Gasteiger partial charge is 0.195 e. The van der Waals surface area contributed by atoms with Gasteiger partial charge >= 0.3 is 0 Å². The molecule has 0 aliphatic rings. The fraction of sp³-hybridized carbons (Fsp3) is 0.800. The zero-order valence-corrected chi connectivity index (χ0v) is 12.7. The summed E-state index contributed by atoms with van der Waals surface area (Å²) in [6, 6.07) is 0. The molecule has 0 N–H and O–H groups in total. The van der Waals surface area contributed by atoms with Crippen LogP contribution >= 0.6 is 11.8 Å². The molecule has 0 saturated carbocycles. The first-order valence-electron chi connectivity index (χ1n) is 6.89. The third-order valence-electron chi connectivity index (χ3n) is 2.70. The van der Waals surface area contributed by atoms with Crippen LogP contribution in [0.3, 0.4) is 0 Å².